The highest BCUT2D eigenvalue weighted by atomic mass is 16.1. The molecule has 2 N–H and O–H groups in total. The highest BCUT2D eigenvalue weighted by Gasteiger charge is 1.99. The smallest absolute Gasteiger partial charge is 0.219 e. The summed E-state index contributed by atoms with van der Waals surface area (Å²) >= 11 is 0. The predicted molar refractivity (Wildman–Crippen MR) is 73.6 cm³/mol. The fraction of sp³-hybridized carbons (Fsp3) is 0.857. The van der Waals surface area contributed by atoms with Crippen LogP contribution in [0.2, 0.25) is 0 Å². The molecular formula is C14H28N2O. The lowest BCUT2D eigenvalue weighted by molar-refractivity contribution is -0.121. The molecule has 0 aromatic rings. The molecule has 100 valence electrons. The molecule has 0 aromatic heterocycles. The zero-order chi connectivity index (χ0) is 12.8. The van der Waals surface area contributed by atoms with Crippen molar-refractivity contribution in [1.29, 1.82) is 5.41 Å². The van der Waals surface area contributed by atoms with Crippen molar-refractivity contribution in [2.24, 2.45) is 0 Å². The Morgan fingerprint density at radius 3 is 2.35 bits per heavy atom. The van der Waals surface area contributed by atoms with Crippen LogP contribution in [-0.4, -0.2) is 18.7 Å². The van der Waals surface area contributed by atoms with Gasteiger partial charge in [0, 0.05) is 13.0 Å². The second-order valence-corrected chi connectivity index (χ2v) is 4.57. The maximum atomic E-state index is 11.4. The molecule has 0 radical (unpaired) electrons. The molecule has 0 saturated heterocycles. The molecule has 3 nitrogen and oxygen atoms in total. The summed E-state index contributed by atoms with van der Waals surface area (Å²) in [6, 6.07) is 0. The Labute approximate surface area is 106 Å². The zero-order valence-corrected chi connectivity index (χ0v) is 11.3. The van der Waals surface area contributed by atoms with Crippen LogP contribution in [0.1, 0.15) is 71.1 Å². The van der Waals surface area contributed by atoms with Crippen LogP contribution in [0.4, 0.5) is 0 Å². The molecule has 0 rings (SSSR count). The van der Waals surface area contributed by atoms with E-state index >= 15 is 0 Å². The van der Waals surface area contributed by atoms with E-state index in [9.17, 15) is 4.79 Å². The Balaban J connectivity index is 3.13. The molecule has 0 fully saturated rings. The van der Waals surface area contributed by atoms with Crippen molar-refractivity contribution in [3.63, 3.8) is 0 Å². The van der Waals surface area contributed by atoms with Crippen molar-refractivity contribution in [2.45, 2.75) is 71.1 Å². The number of carbonyl (C=O) groups is 1. The van der Waals surface area contributed by atoms with Gasteiger partial charge in [0.15, 0.2) is 0 Å². The van der Waals surface area contributed by atoms with E-state index in [0.717, 1.165) is 19.3 Å². The Kier molecular flexibility index (Phi) is 12.5. The van der Waals surface area contributed by atoms with Gasteiger partial charge in [0.1, 0.15) is 0 Å². The van der Waals surface area contributed by atoms with Crippen molar-refractivity contribution in [3.8, 4) is 0 Å². The molecule has 17 heavy (non-hydrogen) atoms. The maximum Gasteiger partial charge on any atom is 0.219 e. The topological polar surface area (TPSA) is 53.0 Å². The molecule has 0 heterocycles. The minimum atomic E-state index is 0.170. The van der Waals surface area contributed by atoms with Gasteiger partial charge in [0.25, 0.3) is 0 Å². The molecule has 0 aliphatic carbocycles. The van der Waals surface area contributed by atoms with E-state index < -0.39 is 0 Å². The van der Waals surface area contributed by atoms with Gasteiger partial charge >= 0.3 is 0 Å². The summed E-state index contributed by atoms with van der Waals surface area (Å²) in [6.07, 6.45) is 12.4. The SMILES string of the molecule is CCCCCCCCCC(=O)NCCCC=N. The van der Waals surface area contributed by atoms with Gasteiger partial charge in [-0.1, -0.05) is 45.4 Å². The number of hydrogen-bond acceptors (Lipinski definition) is 2. The number of amides is 1. The van der Waals surface area contributed by atoms with Gasteiger partial charge in [-0.3, -0.25) is 4.79 Å². The largest absolute Gasteiger partial charge is 0.356 e. The number of carbonyl (C=O) groups excluding carboxylic acids is 1. The monoisotopic (exact) mass is 240 g/mol. The summed E-state index contributed by atoms with van der Waals surface area (Å²) in [6.45, 7) is 2.94. The zero-order valence-electron chi connectivity index (χ0n) is 11.3. The van der Waals surface area contributed by atoms with Crippen LogP contribution >= 0.6 is 0 Å². The molecule has 0 unspecified atom stereocenters. The predicted octanol–water partition coefficient (Wildman–Crippen LogP) is 3.67. The van der Waals surface area contributed by atoms with Crippen molar-refractivity contribution < 1.29 is 4.79 Å². The van der Waals surface area contributed by atoms with Crippen LogP contribution in [-0.2, 0) is 4.79 Å². The van der Waals surface area contributed by atoms with Gasteiger partial charge in [-0.15, -0.1) is 0 Å². The van der Waals surface area contributed by atoms with Crippen molar-refractivity contribution in [1.82, 2.24) is 5.32 Å². The summed E-state index contributed by atoms with van der Waals surface area (Å²) in [5.74, 6) is 0.170. The van der Waals surface area contributed by atoms with Gasteiger partial charge in [-0.25, -0.2) is 0 Å². The lowest BCUT2D eigenvalue weighted by Crippen LogP contribution is -2.23. The van der Waals surface area contributed by atoms with Gasteiger partial charge in [-0.05, 0) is 25.5 Å². The lowest BCUT2D eigenvalue weighted by atomic mass is 10.1. The third-order valence-corrected chi connectivity index (χ3v) is 2.85. The lowest BCUT2D eigenvalue weighted by Gasteiger charge is -2.04. The summed E-state index contributed by atoms with van der Waals surface area (Å²) in [5.41, 5.74) is 0. The Bertz CT molecular complexity index is 193. The first-order chi connectivity index (χ1) is 8.31. The standard InChI is InChI=1S/C14H28N2O/c1-2-3-4-5-6-7-8-11-14(17)16-13-10-9-12-15/h12,15H,2-11,13H2,1H3,(H,16,17). The third-order valence-electron chi connectivity index (χ3n) is 2.85. The number of nitrogens with one attached hydrogen (secondary N) is 2. The van der Waals surface area contributed by atoms with E-state index in [1.807, 2.05) is 0 Å². The molecule has 0 aliphatic heterocycles. The summed E-state index contributed by atoms with van der Waals surface area (Å²) in [7, 11) is 0. The van der Waals surface area contributed by atoms with Gasteiger partial charge in [-0.2, -0.15) is 0 Å². The Hall–Kier alpha value is -0.860. The molecule has 1 amide bonds. The van der Waals surface area contributed by atoms with E-state index in [2.05, 4.69) is 12.2 Å². The molecule has 0 aromatic carbocycles. The van der Waals surface area contributed by atoms with E-state index in [1.165, 1.54) is 44.7 Å². The fourth-order valence-electron chi connectivity index (χ4n) is 1.76. The van der Waals surface area contributed by atoms with Crippen LogP contribution < -0.4 is 5.32 Å². The average Bonchev–Trinajstić information content (AvgIpc) is 2.33. The average molecular weight is 240 g/mol. The quantitative estimate of drug-likeness (QED) is 0.397. The molecule has 0 spiro atoms. The van der Waals surface area contributed by atoms with Crippen molar-refractivity contribution in [3.05, 3.63) is 0 Å². The molecule has 3 heteroatoms. The molecular weight excluding hydrogens is 212 g/mol. The minimum absolute atomic E-state index is 0.170. The second kappa shape index (κ2) is 13.2. The van der Waals surface area contributed by atoms with Crippen LogP contribution in [0, 0.1) is 5.41 Å². The van der Waals surface area contributed by atoms with Crippen molar-refractivity contribution in [2.75, 3.05) is 6.54 Å². The number of unbranched alkanes of at least 4 members (excludes halogenated alkanes) is 7. The Morgan fingerprint density at radius 1 is 1.06 bits per heavy atom. The normalized spacial score (nSPS) is 10.2. The highest BCUT2D eigenvalue weighted by Crippen LogP contribution is 2.08. The molecule has 0 atom stereocenters. The van der Waals surface area contributed by atoms with Crippen molar-refractivity contribution >= 4 is 12.1 Å². The molecule has 0 aliphatic rings. The van der Waals surface area contributed by atoms with Crippen LogP contribution in [0.15, 0.2) is 0 Å². The van der Waals surface area contributed by atoms with Gasteiger partial charge in [0.05, 0.1) is 0 Å². The van der Waals surface area contributed by atoms with Gasteiger partial charge < -0.3 is 10.7 Å². The first kappa shape index (κ1) is 16.1. The maximum absolute atomic E-state index is 11.4. The highest BCUT2D eigenvalue weighted by molar-refractivity contribution is 5.75. The van der Waals surface area contributed by atoms with Gasteiger partial charge in [0.2, 0.25) is 5.91 Å². The van der Waals surface area contributed by atoms with E-state index in [0.29, 0.717) is 13.0 Å². The van der Waals surface area contributed by atoms with E-state index in [-0.39, 0.29) is 5.91 Å². The van der Waals surface area contributed by atoms with Crippen LogP contribution in [0.5, 0.6) is 0 Å². The number of rotatable bonds is 12. The third kappa shape index (κ3) is 13.1. The number of hydrogen-bond donors (Lipinski definition) is 2. The van der Waals surface area contributed by atoms with Crippen LogP contribution in [0.3, 0.4) is 0 Å². The fourth-order valence-corrected chi connectivity index (χ4v) is 1.76. The first-order valence-electron chi connectivity index (χ1n) is 7.07. The van der Waals surface area contributed by atoms with E-state index in [1.54, 1.807) is 0 Å². The summed E-state index contributed by atoms with van der Waals surface area (Å²) in [4.78, 5) is 11.4. The minimum Gasteiger partial charge on any atom is -0.356 e. The molecule has 0 bridgehead atoms. The van der Waals surface area contributed by atoms with Crippen LogP contribution in [0.25, 0.3) is 0 Å². The van der Waals surface area contributed by atoms with E-state index in [4.69, 9.17) is 5.41 Å². The first-order valence-corrected chi connectivity index (χ1v) is 7.07. The summed E-state index contributed by atoms with van der Waals surface area (Å²) < 4.78 is 0. The Morgan fingerprint density at radius 2 is 1.71 bits per heavy atom. The second-order valence-electron chi connectivity index (χ2n) is 4.57. The summed E-state index contributed by atoms with van der Waals surface area (Å²) in [5, 5.41) is 9.74. The molecule has 0 saturated carbocycles.